The molecular formula is C22H21NO2. The molecule has 3 aromatic rings. The van der Waals surface area contributed by atoms with Crippen molar-refractivity contribution in [3.63, 3.8) is 0 Å². The van der Waals surface area contributed by atoms with Crippen LogP contribution in [0, 0.1) is 0 Å². The van der Waals surface area contributed by atoms with Crippen LogP contribution in [0.3, 0.4) is 0 Å². The second-order valence-electron chi connectivity index (χ2n) is 6.05. The van der Waals surface area contributed by atoms with Crippen molar-refractivity contribution < 1.29 is 9.53 Å². The van der Waals surface area contributed by atoms with Crippen LogP contribution in [-0.4, -0.2) is 24.9 Å². The van der Waals surface area contributed by atoms with E-state index in [1.807, 2.05) is 72.8 Å². The first-order valence-electron chi connectivity index (χ1n) is 8.23. The van der Waals surface area contributed by atoms with Gasteiger partial charge in [0, 0.05) is 19.7 Å². The smallest absolute Gasteiger partial charge is 0.253 e. The number of rotatable bonds is 5. The third kappa shape index (κ3) is 4.07. The normalized spacial score (nSPS) is 10.3. The SMILES string of the molecule is CN(C)C(=O)c1ccccc1-c1cccc(COc2ccccc2)c1. The Morgan fingerprint density at radius 3 is 2.36 bits per heavy atom. The molecule has 3 aromatic carbocycles. The molecule has 126 valence electrons. The van der Waals surface area contributed by atoms with Gasteiger partial charge in [-0.2, -0.15) is 0 Å². The van der Waals surface area contributed by atoms with Gasteiger partial charge in [-0.05, 0) is 41.0 Å². The zero-order chi connectivity index (χ0) is 17.6. The minimum Gasteiger partial charge on any atom is -0.489 e. The van der Waals surface area contributed by atoms with Crippen LogP contribution in [0.5, 0.6) is 5.75 Å². The second-order valence-corrected chi connectivity index (χ2v) is 6.05. The van der Waals surface area contributed by atoms with E-state index >= 15 is 0 Å². The van der Waals surface area contributed by atoms with Crippen LogP contribution in [0.1, 0.15) is 15.9 Å². The van der Waals surface area contributed by atoms with Gasteiger partial charge in [0.05, 0.1) is 0 Å². The van der Waals surface area contributed by atoms with E-state index in [-0.39, 0.29) is 5.91 Å². The Labute approximate surface area is 148 Å². The van der Waals surface area contributed by atoms with E-state index in [4.69, 9.17) is 4.74 Å². The summed E-state index contributed by atoms with van der Waals surface area (Å²) in [5.41, 5.74) is 3.71. The number of para-hydroxylation sites is 1. The molecule has 3 nitrogen and oxygen atoms in total. The molecule has 0 aliphatic heterocycles. The molecular weight excluding hydrogens is 310 g/mol. The first-order chi connectivity index (χ1) is 12.1. The van der Waals surface area contributed by atoms with Crippen LogP contribution in [0.25, 0.3) is 11.1 Å². The van der Waals surface area contributed by atoms with Crippen LogP contribution in [0.15, 0.2) is 78.9 Å². The zero-order valence-corrected chi connectivity index (χ0v) is 14.5. The quantitative estimate of drug-likeness (QED) is 0.682. The summed E-state index contributed by atoms with van der Waals surface area (Å²) in [6.45, 7) is 0.488. The number of carbonyl (C=O) groups excluding carboxylic acids is 1. The lowest BCUT2D eigenvalue weighted by Crippen LogP contribution is -2.22. The average Bonchev–Trinajstić information content (AvgIpc) is 2.67. The van der Waals surface area contributed by atoms with Gasteiger partial charge < -0.3 is 9.64 Å². The Morgan fingerprint density at radius 2 is 1.60 bits per heavy atom. The molecule has 0 saturated heterocycles. The summed E-state index contributed by atoms with van der Waals surface area (Å²) in [5, 5.41) is 0. The number of benzene rings is 3. The molecule has 0 atom stereocenters. The molecule has 1 amide bonds. The highest BCUT2D eigenvalue weighted by Gasteiger charge is 2.14. The van der Waals surface area contributed by atoms with Crippen molar-refractivity contribution in [3.8, 4) is 16.9 Å². The highest BCUT2D eigenvalue weighted by atomic mass is 16.5. The summed E-state index contributed by atoms with van der Waals surface area (Å²) in [4.78, 5) is 14.0. The van der Waals surface area contributed by atoms with Crippen LogP contribution >= 0.6 is 0 Å². The van der Waals surface area contributed by atoms with Gasteiger partial charge in [-0.15, -0.1) is 0 Å². The van der Waals surface area contributed by atoms with Crippen molar-refractivity contribution in [1.29, 1.82) is 0 Å². The van der Waals surface area contributed by atoms with Crippen molar-refractivity contribution >= 4 is 5.91 Å². The summed E-state index contributed by atoms with van der Waals surface area (Å²) in [5.74, 6) is 0.845. The van der Waals surface area contributed by atoms with Crippen molar-refractivity contribution in [2.75, 3.05) is 14.1 Å². The lowest BCUT2D eigenvalue weighted by atomic mass is 9.97. The minimum absolute atomic E-state index is 0.00142. The molecule has 3 rings (SSSR count). The minimum atomic E-state index is 0.00142. The number of amides is 1. The van der Waals surface area contributed by atoms with Crippen molar-refractivity contribution in [3.05, 3.63) is 90.0 Å². The fourth-order valence-corrected chi connectivity index (χ4v) is 2.67. The van der Waals surface area contributed by atoms with E-state index in [2.05, 4.69) is 6.07 Å². The third-order valence-corrected chi connectivity index (χ3v) is 3.95. The van der Waals surface area contributed by atoms with E-state index < -0.39 is 0 Å². The summed E-state index contributed by atoms with van der Waals surface area (Å²) in [6, 6.07) is 25.6. The fourth-order valence-electron chi connectivity index (χ4n) is 2.67. The van der Waals surface area contributed by atoms with Crippen molar-refractivity contribution in [1.82, 2.24) is 4.90 Å². The van der Waals surface area contributed by atoms with Gasteiger partial charge in [0.15, 0.2) is 0 Å². The molecule has 0 aliphatic carbocycles. The van der Waals surface area contributed by atoms with E-state index in [1.165, 1.54) is 0 Å². The lowest BCUT2D eigenvalue weighted by Gasteiger charge is -2.15. The molecule has 0 spiro atoms. The van der Waals surface area contributed by atoms with Gasteiger partial charge in [-0.25, -0.2) is 0 Å². The molecule has 0 unspecified atom stereocenters. The van der Waals surface area contributed by atoms with Gasteiger partial charge in [0.2, 0.25) is 0 Å². The van der Waals surface area contributed by atoms with Crippen LogP contribution < -0.4 is 4.74 Å². The summed E-state index contributed by atoms with van der Waals surface area (Å²) in [6.07, 6.45) is 0. The van der Waals surface area contributed by atoms with Crippen molar-refractivity contribution in [2.24, 2.45) is 0 Å². The van der Waals surface area contributed by atoms with E-state index in [0.29, 0.717) is 12.2 Å². The predicted molar refractivity (Wildman–Crippen MR) is 101 cm³/mol. The Hall–Kier alpha value is -3.07. The highest BCUT2D eigenvalue weighted by Crippen LogP contribution is 2.26. The summed E-state index contributed by atoms with van der Waals surface area (Å²) >= 11 is 0. The van der Waals surface area contributed by atoms with Gasteiger partial charge in [0.25, 0.3) is 5.91 Å². The predicted octanol–water partition coefficient (Wildman–Crippen LogP) is 4.63. The average molecular weight is 331 g/mol. The molecule has 3 heteroatoms. The maximum Gasteiger partial charge on any atom is 0.253 e. The van der Waals surface area contributed by atoms with Crippen molar-refractivity contribution in [2.45, 2.75) is 6.61 Å². The maximum absolute atomic E-state index is 12.4. The second kappa shape index (κ2) is 7.67. The zero-order valence-electron chi connectivity index (χ0n) is 14.5. The number of hydrogen-bond donors (Lipinski definition) is 0. The lowest BCUT2D eigenvalue weighted by molar-refractivity contribution is 0.0828. The van der Waals surface area contributed by atoms with E-state index in [0.717, 1.165) is 22.4 Å². The molecule has 0 N–H and O–H groups in total. The summed E-state index contributed by atoms with van der Waals surface area (Å²) in [7, 11) is 3.53. The number of carbonyl (C=O) groups is 1. The Morgan fingerprint density at radius 1 is 0.880 bits per heavy atom. The molecule has 0 aromatic heterocycles. The molecule has 0 aliphatic rings. The van der Waals surface area contributed by atoms with Gasteiger partial charge in [0.1, 0.15) is 12.4 Å². The van der Waals surface area contributed by atoms with Crippen LogP contribution in [0.2, 0.25) is 0 Å². The van der Waals surface area contributed by atoms with E-state index in [1.54, 1.807) is 19.0 Å². The topological polar surface area (TPSA) is 29.5 Å². The summed E-state index contributed by atoms with van der Waals surface area (Å²) < 4.78 is 5.82. The molecule has 0 bridgehead atoms. The Bertz CT molecular complexity index is 857. The Kier molecular flexibility index (Phi) is 5.14. The monoisotopic (exact) mass is 331 g/mol. The molecule has 0 saturated carbocycles. The largest absolute Gasteiger partial charge is 0.489 e. The standard InChI is InChI=1S/C22H21NO2/c1-23(2)22(24)21-14-7-6-13-20(21)18-10-8-9-17(15-18)16-25-19-11-4-3-5-12-19/h3-15H,16H2,1-2H3. The first kappa shape index (κ1) is 16.8. The third-order valence-electron chi connectivity index (χ3n) is 3.95. The van der Waals surface area contributed by atoms with Crippen LogP contribution in [0.4, 0.5) is 0 Å². The van der Waals surface area contributed by atoms with Gasteiger partial charge in [-0.1, -0.05) is 54.6 Å². The molecule has 0 fully saturated rings. The number of ether oxygens (including phenoxy) is 1. The van der Waals surface area contributed by atoms with Gasteiger partial charge >= 0.3 is 0 Å². The fraction of sp³-hybridized carbons (Fsp3) is 0.136. The van der Waals surface area contributed by atoms with E-state index in [9.17, 15) is 4.79 Å². The first-order valence-corrected chi connectivity index (χ1v) is 8.23. The number of hydrogen-bond acceptors (Lipinski definition) is 2. The molecule has 0 radical (unpaired) electrons. The number of nitrogens with zero attached hydrogens (tertiary/aromatic N) is 1. The maximum atomic E-state index is 12.4. The highest BCUT2D eigenvalue weighted by molar-refractivity contribution is 6.00. The molecule has 0 heterocycles. The van der Waals surface area contributed by atoms with Crippen LogP contribution in [-0.2, 0) is 6.61 Å². The van der Waals surface area contributed by atoms with Gasteiger partial charge in [-0.3, -0.25) is 4.79 Å². The molecule has 25 heavy (non-hydrogen) atoms. The Balaban J connectivity index is 1.86.